The molecule has 0 amide bonds. The summed E-state index contributed by atoms with van der Waals surface area (Å²) < 4.78 is 5.74. The van der Waals surface area contributed by atoms with Gasteiger partial charge >= 0.3 is 0 Å². The molecule has 0 unspecified atom stereocenters. The molecule has 2 aromatic carbocycles. The van der Waals surface area contributed by atoms with Gasteiger partial charge in [-0.3, -0.25) is 0 Å². The van der Waals surface area contributed by atoms with E-state index >= 15 is 0 Å². The lowest BCUT2D eigenvalue weighted by Crippen LogP contribution is -2.13. The minimum atomic E-state index is 0.0748. The first-order chi connectivity index (χ1) is 9.60. The van der Waals surface area contributed by atoms with Gasteiger partial charge in [-0.05, 0) is 36.2 Å². The van der Waals surface area contributed by atoms with Crippen molar-refractivity contribution in [3.63, 3.8) is 0 Å². The second-order valence-corrected chi connectivity index (χ2v) is 4.82. The van der Waals surface area contributed by atoms with Crippen LogP contribution in [-0.4, -0.2) is 11.0 Å². The van der Waals surface area contributed by atoms with Crippen molar-refractivity contribution < 1.29 is 9.94 Å². The Balaban J connectivity index is 2.13. The number of aryl methyl sites for hydroxylation is 1. The van der Waals surface area contributed by atoms with Gasteiger partial charge in [0.05, 0.1) is 0 Å². The van der Waals surface area contributed by atoms with Crippen molar-refractivity contribution in [1.29, 1.82) is 0 Å². The summed E-state index contributed by atoms with van der Waals surface area (Å²) in [5.74, 6) is 0.817. The number of nitrogens with two attached hydrogens (primary N) is 1. The molecule has 0 bridgehead atoms. The predicted molar refractivity (Wildman–Crippen MR) is 79.5 cm³/mol. The molecule has 104 valence electrons. The Kier molecular flexibility index (Phi) is 4.48. The average Bonchev–Trinajstić information content (AvgIpc) is 2.47. The third-order valence-corrected chi connectivity index (χ3v) is 3.11. The number of halogens is 1. The predicted octanol–water partition coefficient (Wildman–Crippen LogP) is 3.32. The SMILES string of the molecule is Cc1ccc(Cl)cc1OCc1cccc(C(N)=NO)c1. The lowest BCUT2D eigenvalue weighted by molar-refractivity contribution is 0.304. The highest BCUT2D eigenvalue weighted by Crippen LogP contribution is 2.23. The van der Waals surface area contributed by atoms with Crippen LogP contribution < -0.4 is 10.5 Å². The molecular weight excluding hydrogens is 276 g/mol. The third kappa shape index (κ3) is 3.42. The molecule has 0 fully saturated rings. The van der Waals surface area contributed by atoms with Crippen LogP contribution in [0.5, 0.6) is 5.75 Å². The second-order valence-electron chi connectivity index (χ2n) is 4.38. The molecule has 4 nitrogen and oxygen atoms in total. The van der Waals surface area contributed by atoms with Gasteiger partial charge in [-0.2, -0.15) is 0 Å². The third-order valence-electron chi connectivity index (χ3n) is 2.88. The first kappa shape index (κ1) is 14.2. The molecule has 0 aliphatic carbocycles. The van der Waals surface area contributed by atoms with E-state index in [1.165, 1.54) is 0 Å². The summed E-state index contributed by atoms with van der Waals surface area (Å²) in [4.78, 5) is 0. The van der Waals surface area contributed by atoms with Gasteiger partial charge in [0.25, 0.3) is 0 Å². The van der Waals surface area contributed by atoms with E-state index in [0.717, 1.165) is 16.9 Å². The standard InChI is InChI=1S/C15H15ClN2O2/c1-10-5-6-13(16)8-14(10)20-9-11-3-2-4-12(7-11)15(17)18-19/h2-8,19H,9H2,1H3,(H2,17,18). The van der Waals surface area contributed by atoms with Crippen LogP contribution in [0.25, 0.3) is 0 Å². The van der Waals surface area contributed by atoms with Crippen LogP contribution in [0.3, 0.4) is 0 Å². The van der Waals surface area contributed by atoms with Gasteiger partial charge in [-0.15, -0.1) is 0 Å². The maximum Gasteiger partial charge on any atom is 0.170 e. The molecule has 0 aliphatic rings. The molecule has 0 aliphatic heterocycles. The van der Waals surface area contributed by atoms with E-state index in [4.69, 9.17) is 27.3 Å². The van der Waals surface area contributed by atoms with Crippen LogP contribution in [0.15, 0.2) is 47.6 Å². The molecule has 0 spiro atoms. The first-order valence-corrected chi connectivity index (χ1v) is 6.43. The van der Waals surface area contributed by atoms with Crippen molar-refractivity contribution in [3.05, 3.63) is 64.2 Å². The van der Waals surface area contributed by atoms with Gasteiger partial charge in [0.1, 0.15) is 12.4 Å². The smallest absolute Gasteiger partial charge is 0.170 e. The van der Waals surface area contributed by atoms with E-state index < -0.39 is 0 Å². The van der Waals surface area contributed by atoms with Gasteiger partial charge in [0, 0.05) is 10.6 Å². The summed E-state index contributed by atoms with van der Waals surface area (Å²) >= 11 is 5.94. The zero-order chi connectivity index (χ0) is 14.5. The molecule has 0 atom stereocenters. The highest BCUT2D eigenvalue weighted by atomic mass is 35.5. The van der Waals surface area contributed by atoms with Crippen molar-refractivity contribution in [1.82, 2.24) is 0 Å². The Hall–Kier alpha value is -2.20. The summed E-state index contributed by atoms with van der Waals surface area (Å²) in [5.41, 5.74) is 8.15. The molecule has 0 saturated heterocycles. The zero-order valence-electron chi connectivity index (χ0n) is 11.0. The summed E-state index contributed by atoms with van der Waals surface area (Å²) in [6, 6.07) is 12.8. The van der Waals surface area contributed by atoms with Crippen LogP contribution in [0.1, 0.15) is 16.7 Å². The summed E-state index contributed by atoms with van der Waals surface area (Å²) in [6.45, 7) is 2.34. The fourth-order valence-electron chi connectivity index (χ4n) is 1.77. The quantitative estimate of drug-likeness (QED) is 0.393. The largest absolute Gasteiger partial charge is 0.489 e. The van der Waals surface area contributed by atoms with E-state index in [2.05, 4.69) is 5.16 Å². The number of nitrogens with zero attached hydrogens (tertiary/aromatic N) is 1. The molecule has 20 heavy (non-hydrogen) atoms. The van der Waals surface area contributed by atoms with Gasteiger partial charge < -0.3 is 15.7 Å². The average molecular weight is 291 g/mol. The molecular formula is C15H15ClN2O2. The number of hydrogen-bond acceptors (Lipinski definition) is 3. The molecule has 0 aromatic heterocycles. The van der Waals surface area contributed by atoms with Crippen LogP contribution in [-0.2, 0) is 6.61 Å². The summed E-state index contributed by atoms with van der Waals surface area (Å²) in [7, 11) is 0. The van der Waals surface area contributed by atoms with Crippen molar-refractivity contribution in [2.75, 3.05) is 0 Å². The van der Waals surface area contributed by atoms with E-state index in [9.17, 15) is 0 Å². The molecule has 3 N–H and O–H groups in total. The van der Waals surface area contributed by atoms with E-state index in [1.807, 2.05) is 37.3 Å². The van der Waals surface area contributed by atoms with Gasteiger partial charge in [0.2, 0.25) is 0 Å². The minimum Gasteiger partial charge on any atom is -0.489 e. The van der Waals surface area contributed by atoms with E-state index in [0.29, 0.717) is 17.2 Å². The Bertz CT molecular complexity index is 642. The zero-order valence-corrected chi connectivity index (χ0v) is 11.8. The summed E-state index contributed by atoms with van der Waals surface area (Å²) in [6.07, 6.45) is 0. The maximum atomic E-state index is 8.67. The minimum absolute atomic E-state index is 0.0748. The molecule has 2 rings (SSSR count). The number of rotatable bonds is 4. The fourth-order valence-corrected chi connectivity index (χ4v) is 1.93. The van der Waals surface area contributed by atoms with Crippen molar-refractivity contribution >= 4 is 17.4 Å². The maximum absolute atomic E-state index is 8.67. The van der Waals surface area contributed by atoms with Crippen molar-refractivity contribution in [2.45, 2.75) is 13.5 Å². The van der Waals surface area contributed by atoms with Crippen LogP contribution in [0.4, 0.5) is 0 Å². The summed E-state index contributed by atoms with van der Waals surface area (Å²) in [5, 5.41) is 12.3. The van der Waals surface area contributed by atoms with Crippen LogP contribution >= 0.6 is 11.6 Å². The number of hydrogen-bond donors (Lipinski definition) is 2. The number of benzene rings is 2. The van der Waals surface area contributed by atoms with Crippen molar-refractivity contribution in [3.8, 4) is 5.75 Å². The van der Waals surface area contributed by atoms with Gasteiger partial charge in [-0.25, -0.2) is 0 Å². The Morgan fingerprint density at radius 3 is 2.85 bits per heavy atom. The van der Waals surface area contributed by atoms with Crippen LogP contribution in [0, 0.1) is 6.92 Å². The highest BCUT2D eigenvalue weighted by Gasteiger charge is 2.04. The van der Waals surface area contributed by atoms with E-state index in [1.54, 1.807) is 12.1 Å². The molecule has 0 heterocycles. The molecule has 0 saturated carbocycles. The van der Waals surface area contributed by atoms with E-state index in [-0.39, 0.29) is 5.84 Å². The number of amidine groups is 1. The fraction of sp³-hybridized carbons (Fsp3) is 0.133. The van der Waals surface area contributed by atoms with Gasteiger partial charge in [0.15, 0.2) is 5.84 Å². The number of ether oxygens (including phenoxy) is 1. The van der Waals surface area contributed by atoms with Crippen LogP contribution in [0.2, 0.25) is 5.02 Å². The first-order valence-electron chi connectivity index (χ1n) is 6.06. The Labute approximate surface area is 122 Å². The lowest BCUT2D eigenvalue weighted by Gasteiger charge is -2.10. The highest BCUT2D eigenvalue weighted by molar-refractivity contribution is 6.30. The topological polar surface area (TPSA) is 67.8 Å². The molecule has 0 radical (unpaired) electrons. The Morgan fingerprint density at radius 2 is 2.10 bits per heavy atom. The second kappa shape index (κ2) is 6.30. The number of oxime groups is 1. The lowest BCUT2D eigenvalue weighted by atomic mass is 10.1. The molecule has 2 aromatic rings. The Morgan fingerprint density at radius 1 is 1.30 bits per heavy atom. The van der Waals surface area contributed by atoms with Gasteiger partial charge in [-0.1, -0.05) is 41.0 Å². The molecule has 5 heteroatoms. The van der Waals surface area contributed by atoms with Crippen molar-refractivity contribution in [2.24, 2.45) is 10.9 Å². The normalized spacial score (nSPS) is 11.4. The monoisotopic (exact) mass is 290 g/mol.